The molecule has 2 aromatic carbocycles. The van der Waals surface area contributed by atoms with Crippen molar-refractivity contribution in [2.75, 3.05) is 20.8 Å². The zero-order valence-corrected chi connectivity index (χ0v) is 18.7. The van der Waals surface area contributed by atoms with E-state index in [9.17, 15) is 4.79 Å². The fourth-order valence-corrected chi connectivity index (χ4v) is 5.86. The maximum absolute atomic E-state index is 13.7. The summed E-state index contributed by atoms with van der Waals surface area (Å²) in [7, 11) is 3.30. The first kappa shape index (κ1) is 20.1. The molecule has 1 aliphatic heterocycles. The highest BCUT2D eigenvalue weighted by Gasteiger charge is 2.36. The highest BCUT2D eigenvalue weighted by molar-refractivity contribution is 7.18. The fourth-order valence-electron chi connectivity index (χ4n) is 4.71. The molecule has 0 spiro atoms. The Bertz CT molecular complexity index is 1120. The predicted octanol–water partition coefficient (Wildman–Crippen LogP) is 4.95. The average Bonchev–Trinajstić information content (AvgIpc) is 3.26. The third kappa shape index (κ3) is 3.69. The first-order valence-electron chi connectivity index (χ1n) is 10.7. The summed E-state index contributed by atoms with van der Waals surface area (Å²) in [5.74, 6) is 1.76. The maximum atomic E-state index is 13.7. The molecule has 0 bridgehead atoms. The molecule has 2 heterocycles. The van der Waals surface area contributed by atoms with Crippen molar-refractivity contribution in [3.63, 3.8) is 0 Å². The van der Waals surface area contributed by atoms with E-state index < -0.39 is 0 Å². The SMILES string of the molecule is COc1cc2c(cc1OC)CN(C(=O)[C@H]1CC=CC[C@@H]1c1nc3ccccc3s1)CC2. The van der Waals surface area contributed by atoms with Crippen LogP contribution in [0.4, 0.5) is 0 Å². The van der Waals surface area contributed by atoms with Crippen molar-refractivity contribution in [3.05, 3.63) is 64.7 Å². The van der Waals surface area contributed by atoms with Crippen LogP contribution in [0.3, 0.4) is 0 Å². The van der Waals surface area contributed by atoms with Crippen molar-refractivity contribution >= 4 is 27.5 Å². The number of carbonyl (C=O) groups excluding carboxylic acids is 1. The van der Waals surface area contributed by atoms with Gasteiger partial charge in [-0.15, -0.1) is 11.3 Å². The van der Waals surface area contributed by atoms with Crippen molar-refractivity contribution < 1.29 is 14.3 Å². The number of hydrogen-bond acceptors (Lipinski definition) is 5. The number of carbonyl (C=O) groups is 1. The summed E-state index contributed by atoms with van der Waals surface area (Å²) in [6.45, 7) is 1.34. The van der Waals surface area contributed by atoms with Gasteiger partial charge in [0.25, 0.3) is 0 Å². The third-order valence-electron chi connectivity index (χ3n) is 6.41. The zero-order chi connectivity index (χ0) is 21.4. The Morgan fingerprint density at radius 1 is 1.06 bits per heavy atom. The summed E-state index contributed by atoms with van der Waals surface area (Å²) < 4.78 is 12.1. The number of nitrogens with zero attached hydrogens (tertiary/aromatic N) is 2. The van der Waals surface area contributed by atoms with Gasteiger partial charge < -0.3 is 14.4 Å². The van der Waals surface area contributed by atoms with E-state index in [0.717, 1.165) is 47.6 Å². The summed E-state index contributed by atoms with van der Waals surface area (Å²) in [6, 6.07) is 12.3. The quantitative estimate of drug-likeness (QED) is 0.546. The number of methoxy groups -OCH3 is 2. The lowest BCUT2D eigenvalue weighted by atomic mass is 9.82. The molecule has 1 amide bonds. The van der Waals surface area contributed by atoms with Crippen LogP contribution in [0.25, 0.3) is 10.2 Å². The molecule has 160 valence electrons. The Morgan fingerprint density at radius 3 is 2.58 bits per heavy atom. The number of rotatable bonds is 4. The second-order valence-electron chi connectivity index (χ2n) is 8.16. The minimum atomic E-state index is -0.0627. The lowest BCUT2D eigenvalue weighted by Gasteiger charge is -2.35. The molecular weight excluding hydrogens is 408 g/mol. The van der Waals surface area contributed by atoms with E-state index in [4.69, 9.17) is 14.5 Å². The van der Waals surface area contributed by atoms with Crippen LogP contribution >= 0.6 is 11.3 Å². The van der Waals surface area contributed by atoms with Crippen LogP contribution in [-0.4, -0.2) is 36.6 Å². The van der Waals surface area contributed by atoms with E-state index in [1.165, 1.54) is 10.3 Å². The van der Waals surface area contributed by atoms with Gasteiger partial charge in [0.1, 0.15) is 0 Å². The van der Waals surface area contributed by atoms with Crippen LogP contribution in [0.2, 0.25) is 0 Å². The Balaban J connectivity index is 1.40. The summed E-state index contributed by atoms with van der Waals surface area (Å²) in [6.07, 6.45) is 6.82. The highest BCUT2D eigenvalue weighted by Crippen LogP contribution is 2.40. The molecule has 5 nitrogen and oxygen atoms in total. The van der Waals surface area contributed by atoms with Crippen molar-refractivity contribution in [2.24, 2.45) is 5.92 Å². The molecule has 0 radical (unpaired) electrons. The average molecular weight is 435 g/mol. The van der Waals surface area contributed by atoms with Crippen molar-refractivity contribution in [1.29, 1.82) is 0 Å². The lowest BCUT2D eigenvalue weighted by molar-refractivity contribution is -0.137. The Hall–Kier alpha value is -2.86. The van der Waals surface area contributed by atoms with E-state index in [1.807, 2.05) is 35.2 Å². The molecule has 0 unspecified atom stereocenters. The van der Waals surface area contributed by atoms with Crippen LogP contribution in [0.1, 0.15) is 34.9 Å². The van der Waals surface area contributed by atoms with Gasteiger partial charge in [-0.3, -0.25) is 4.79 Å². The molecule has 0 saturated carbocycles. The van der Waals surface area contributed by atoms with Crippen LogP contribution in [0, 0.1) is 5.92 Å². The molecule has 1 aliphatic carbocycles. The van der Waals surface area contributed by atoms with Gasteiger partial charge in [-0.05, 0) is 54.7 Å². The van der Waals surface area contributed by atoms with E-state index in [1.54, 1.807) is 25.6 Å². The van der Waals surface area contributed by atoms with Gasteiger partial charge in [-0.25, -0.2) is 4.98 Å². The van der Waals surface area contributed by atoms with Crippen molar-refractivity contribution in [3.8, 4) is 11.5 Å². The van der Waals surface area contributed by atoms with Gasteiger partial charge in [0.05, 0.1) is 35.4 Å². The number of hydrogen-bond donors (Lipinski definition) is 0. The molecule has 31 heavy (non-hydrogen) atoms. The zero-order valence-electron chi connectivity index (χ0n) is 17.8. The van der Waals surface area contributed by atoms with Crippen molar-refractivity contribution in [2.45, 2.75) is 31.7 Å². The van der Waals surface area contributed by atoms with E-state index in [2.05, 4.69) is 18.2 Å². The Morgan fingerprint density at radius 2 is 1.81 bits per heavy atom. The highest BCUT2D eigenvalue weighted by atomic mass is 32.1. The monoisotopic (exact) mass is 434 g/mol. The van der Waals surface area contributed by atoms with Gasteiger partial charge in [0.15, 0.2) is 11.5 Å². The van der Waals surface area contributed by atoms with Crippen LogP contribution in [-0.2, 0) is 17.8 Å². The Labute approximate surface area is 186 Å². The summed E-state index contributed by atoms with van der Waals surface area (Å²) >= 11 is 1.72. The summed E-state index contributed by atoms with van der Waals surface area (Å²) in [5.41, 5.74) is 3.39. The largest absolute Gasteiger partial charge is 0.493 e. The standard InChI is InChI=1S/C25H26N2O3S/c1-29-21-13-16-11-12-27(15-17(16)14-22(21)30-2)25(28)19-8-4-3-7-18(19)24-26-20-9-5-6-10-23(20)31-24/h3-6,9-10,13-14,18-19H,7-8,11-12,15H2,1-2H3/t18-,19-/m0/s1. The van der Waals surface area contributed by atoms with E-state index in [-0.39, 0.29) is 17.7 Å². The first-order chi connectivity index (χ1) is 15.2. The van der Waals surface area contributed by atoms with Crippen LogP contribution in [0.5, 0.6) is 11.5 Å². The molecular formula is C25H26N2O3S. The number of aromatic nitrogens is 1. The topological polar surface area (TPSA) is 51.7 Å². The molecule has 0 fully saturated rings. The molecule has 0 saturated heterocycles. The molecule has 2 aliphatic rings. The normalized spacial score (nSPS) is 20.5. The number of para-hydroxylation sites is 1. The number of fused-ring (bicyclic) bond motifs is 2. The minimum Gasteiger partial charge on any atom is -0.493 e. The second kappa shape index (κ2) is 8.35. The number of thiazole rings is 1. The maximum Gasteiger partial charge on any atom is 0.227 e. The van der Waals surface area contributed by atoms with Crippen molar-refractivity contribution in [1.82, 2.24) is 9.88 Å². The van der Waals surface area contributed by atoms with Gasteiger partial charge in [-0.1, -0.05) is 24.3 Å². The number of benzene rings is 2. The second-order valence-corrected chi connectivity index (χ2v) is 9.22. The molecule has 0 N–H and O–H groups in total. The third-order valence-corrected chi connectivity index (χ3v) is 7.58. The molecule has 6 heteroatoms. The minimum absolute atomic E-state index is 0.0627. The van der Waals surface area contributed by atoms with Crippen LogP contribution < -0.4 is 9.47 Å². The number of amides is 1. The lowest BCUT2D eigenvalue weighted by Crippen LogP contribution is -2.42. The van der Waals surface area contributed by atoms with E-state index in [0.29, 0.717) is 12.3 Å². The van der Waals surface area contributed by atoms with Gasteiger partial charge in [0.2, 0.25) is 5.91 Å². The molecule has 5 rings (SSSR count). The number of allylic oxidation sites excluding steroid dienone is 2. The summed E-state index contributed by atoms with van der Waals surface area (Å²) in [4.78, 5) is 20.5. The molecule has 1 aromatic heterocycles. The summed E-state index contributed by atoms with van der Waals surface area (Å²) in [5, 5.41) is 1.08. The first-order valence-corrected chi connectivity index (χ1v) is 11.5. The predicted molar refractivity (Wildman–Crippen MR) is 123 cm³/mol. The van der Waals surface area contributed by atoms with E-state index >= 15 is 0 Å². The van der Waals surface area contributed by atoms with Gasteiger partial charge in [0, 0.05) is 19.0 Å². The Kier molecular flexibility index (Phi) is 5.40. The van der Waals surface area contributed by atoms with Gasteiger partial charge in [-0.2, -0.15) is 0 Å². The number of ether oxygens (including phenoxy) is 2. The molecule has 2 atom stereocenters. The molecule has 3 aromatic rings. The van der Waals surface area contributed by atoms with Gasteiger partial charge >= 0.3 is 0 Å². The smallest absolute Gasteiger partial charge is 0.227 e. The van der Waals surface area contributed by atoms with Crippen LogP contribution in [0.15, 0.2) is 48.6 Å². The fraction of sp³-hybridized carbons (Fsp3) is 0.360.